The van der Waals surface area contributed by atoms with E-state index >= 15 is 0 Å². The quantitative estimate of drug-likeness (QED) is 0.856. The zero-order chi connectivity index (χ0) is 15.6. The molecule has 0 bridgehead atoms. The summed E-state index contributed by atoms with van der Waals surface area (Å²) >= 11 is 3.14. The summed E-state index contributed by atoms with van der Waals surface area (Å²) in [6.07, 6.45) is 2.26. The summed E-state index contributed by atoms with van der Waals surface area (Å²) in [5, 5.41) is 8.94. The highest BCUT2D eigenvalue weighted by Gasteiger charge is 2.18. The van der Waals surface area contributed by atoms with Gasteiger partial charge in [-0.3, -0.25) is 4.68 Å². The number of hydrogen-bond acceptors (Lipinski definition) is 4. The van der Waals surface area contributed by atoms with Crippen molar-refractivity contribution < 1.29 is 17.5 Å². The van der Waals surface area contributed by atoms with Gasteiger partial charge in [-0.15, -0.1) is 0 Å². The summed E-state index contributed by atoms with van der Waals surface area (Å²) in [7, 11) is -2.30. The lowest BCUT2D eigenvalue weighted by atomic mass is 10.3. The molecule has 9 heteroatoms. The molecular weight excluding hydrogens is 365 g/mol. The van der Waals surface area contributed by atoms with Crippen LogP contribution >= 0.6 is 15.9 Å². The topological polar surface area (TPSA) is 87.2 Å². The molecule has 1 heterocycles. The van der Waals surface area contributed by atoms with Gasteiger partial charge in [-0.25, -0.2) is 17.9 Å². The molecule has 0 fully saturated rings. The Labute approximate surface area is 129 Å². The molecule has 1 aromatic heterocycles. The number of sulfonamides is 1. The lowest BCUT2D eigenvalue weighted by molar-refractivity contribution is 0.314. The molecule has 0 aliphatic heterocycles. The van der Waals surface area contributed by atoms with Gasteiger partial charge in [0, 0.05) is 31.4 Å². The van der Waals surface area contributed by atoms with Gasteiger partial charge in [-0.1, -0.05) is 0 Å². The molecule has 0 unspecified atom stereocenters. The Balaban J connectivity index is 2.11. The van der Waals surface area contributed by atoms with Gasteiger partial charge in [-0.2, -0.15) is 5.10 Å². The van der Waals surface area contributed by atoms with Gasteiger partial charge in [0.15, 0.2) is 0 Å². The van der Waals surface area contributed by atoms with Crippen LogP contribution < -0.4 is 9.88 Å². The number of nitrogens with two attached hydrogens (primary N) is 1. The van der Waals surface area contributed by atoms with Gasteiger partial charge in [0.05, 0.1) is 11.1 Å². The lowest BCUT2D eigenvalue weighted by Crippen LogP contribution is -2.14. The van der Waals surface area contributed by atoms with E-state index in [1.54, 1.807) is 10.9 Å². The molecule has 0 aliphatic rings. The molecule has 0 radical (unpaired) electrons. The number of nitrogens with zero attached hydrogens (tertiary/aromatic N) is 2. The fourth-order valence-corrected chi connectivity index (χ4v) is 2.97. The van der Waals surface area contributed by atoms with E-state index < -0.39 is 20.7 Å². The van der Waals surface area contributed by atoms with Crippen LogP contribution in [0.1, 0.15) is 5.69 Å². The zero-order valence-corrected chi connectivity index (χ0v) is 13.5. The minimum absolute atomic E-state index is 0.210. The fraction of sp³-hybridized carbons (Fsp3) is 0.250. The average Bonchev–Trinajstić information content (AvgIpc) is 2.77. The van der Waals surface area contributed by atoms with Gasteiger partial charge in [-0.05, 0) is 28.1 Å². The summed E-state index contributed by atoms with van der Waals surface area (Å²) in [5.41, 5.74) is 0.966. The predicted octanol–water partition coefficient (Wildman–Crippen LogP) is 1.59. The maximum Gasteiger partial charge on any atom is 0.241 e. The van der Waals surface area contributed by atoms with Crippen LogP contribution in [0.15, 0.2) is 33.8 Å². The molecule has 0 amide bonds. The highest BCUT2D eigenvalue weighted by atomic mass is 79.9. The fourth-order valence-electron chi connectivity index (χ4n) is 1.75. The zero-order valence-electron chi connectivity index (χ0n) is 11.1. The van der Waals surface area contributed by atoms with Crippen molar-refractivity contribution in [2.45, 2.75) is 11.3 Å². The number of aromatic nitrogens is 2. The summed E-state index contributed by atoms with van der Waals surface area (Å²) in [6, 6.07) is 3.93. The number of aryl methyl sites for hydroxylation is 1. The van der Waals surface area contributed by atoms with Crippen LogP contribution in [0.5, 0.6) is 5.75 Å². The third kappa shape index (κ3) is 3.80. The molecule has 114 valence electrons. The predicted molar refractivity (Wildman–Crippen MR) is 77.9 cm³/mol. The Morgan fingerprint density at radius 1 is 1.48 bits per heavy atom. The Bertz CT molecular complexity index is 761. The van der Waals surface area contributed by atoms with Gasteiger partial charge in [0.1, 0.15) is 16.5 Å². The molecule has 0 spiro atoms. The number of ether oxygens (including phenoxy) is 1. The van der Waals surface area contributed by atoms with Crippen molar-refractivity contribution in [3.05, 3.63) is 40.4 Å². The number of rotatable bonds is 5. The molecule has 1 aromatic carbocycles. The molecule has 0 saturated heterocycles. The minimum Gasteiger partial charge on any atom is -0.492 e. The van der Waals surface area contributed by atoms with E-state index in [1.807, 2.05) is 13.1 Å². The van der Waals surface area contributed by atoms with Crippen LogP contribution in [-0.4, -0.2) is 24.8 Å². The first-order chi connectivity index (χ1) is 9.79. The third-order valence-corrected chi connectivity index (χ3v) is 4.38. The molecule has 0 atom stereocenters. The van der Waals surface area contributed by atoms with Crippen LogP contribution in [0.2, 0.25) is 0 Å². The minimum atomic E-state index is -4.11. The summed E-state index contributed by atoms with van der Waals surface area (Å²) < 4.78 is 43.6. The van der Waals surface area contributed by atoms with Crippen molar-refractivity contribution >= 4 is 26.0 Å². The maximum atomic E-state index is 13.7. The van der Waals surface area contributed by atoms with Crippen molar-refractivity contribution in [3.63, 3.8) is 0 Å². The van der Waals surface area contributed by atoms with E-state index in [2.05, 4.69) is 21.0 Å². The first-order valence-corrected chi connectivity index (χ1v) is 8.24. The van der Waals surface area contributed by atoms with Crippen LogP contribution in [0, 0.1) is 5.82 Å². The van der Waals surface area contributed by atoms with Gasteiger partial charge < -0.3 is 4.74 Å². The molecule has 0 saturated carbocycles. The maximum absolute atomic E-state index is 13.7. The molecule has 2 N–H and O–H groups in total. The summed E-state index contributed by atoms with van der Waals surface area (Å²) in [4.78, 5) is -0.576. The van der Waals surface area contributed by atoms with Crippen LogP contribution in [0.25, 0.3) is 0 Å². The Hall–Kier alpha value is -1.45. The molecular formula is C12H13BrFN3O3S. The Morgan fingerprint density at radius 2 is 2.19 bits per heavy atom. The first-order valence-electron chi connectivity index (χ1n) is 5.90. The third-order valence-electron chi connectivity index (χ3n) is 2.83. The molecule has 6 nitrogen and oxygen atoms in total. The number of hydrogen-bond donors (Lipinski definition) is 1. The highest BCUT2D eigenvalue weighted by Crippen LogP contribution is 2.30. The second-order valence-corrected chi connectivity index (χ2v) is 6.69. The first kappa shape index (κ1) is 15.9. The molecule has 2 aromatic rings. The number of primary sulfonamides is 1. The largest absolute Gasteiger partial charge is 0.492 e. The number of halogens is 2. The van der Waals surface area contributed by atoms with Crippen LogP contribution in [0.4, 0.5) is 4.39 Å². The second kappa shape index (κ2) is 6.12. The van der Waals surface area contributed by atoms with Crippen molar-refractivity contribution in [1.29, 1.82) is 0 Å². The van der Waals surface area contributed by atoms with E-state index in [9.17, 15) is 12.8 Å². The van der Waals surface area contributed by atoms with E-state index in [-0.39, 0.29) is 5.75 Å². The van der Waals surface area contributed by atoms with Gasteiger partial charge in [0.25, 0.3) is 0 Å². The average molecular weight is 378 g/mol. The van der Waals surface area contributed by atoms with Crippen molar-refractivity contribution in [2.24, 2.45) is 12.2 Å². The molecule has 2 rings (SSSR count). The molecule has 21 heavy (non-hydrogen) atoms. The number of benzene rings is 1. The van der Waals surface area contributed by atoms with Gasteiger partial charge >= 0.3 is 0 Å². The van der Waals surface area contributed by atoms with Crippen molar-refractivity contribution in [2.75, 3.05) is 6.61 Å². The van der Waals surface area contributed by atoms with E-state index in [1.165, 1.54) is 0 Å². The summed E-state index contributed by atoms with van der Waals surface area (Å²) in [6.45, 7) is 0.298. The van der Waals surface area contributed by atoms with E-state index in [4.69, 9.17) is 9.88 Å². The molecule has 0 aliphatic carbocycles. The summed E-state index contributed by atoms with van der Waals surface area (Å²) in [5.74, 6) is -0.738. The van der Waals surface area contributed by atoms with Crippen LogP contribution in [0.3, 0.4) is 0 Å². The van der Waals surface area contributed by atoms with Crippen LogP contribution in [-0.2, 0) is 23.5 Å². The standard InChI is InChI=1S/C12H13BrFN3O3S/c1-17-8(2-4-16-17)3-5-20-11-7-10(14)12(6-9(11)13)21(15,18)19/h2,4,6-7H,3,5H2,1H3,(H2,15,18,19). The Morgan fingerprint density at radius 3 is 2.76 bits per heavy atom. The Kier molecular flexibility index (Phi) is 4.64. The van der Waals surface area contributed by atoms with Crippen molar-refractivity contribution in [1.82, 2.24) is 9.78 Å². The smallest absolute Gasteiger partial charge is 0.241 e. The van der Waals surface area contributed by atoms with E-state index in [0.717, 1.165) is 17.8 Å². The SMILES string of the molecule is Cn1nccc1CCOc1cc(F)c(S(N)(=O)=O)cc1Br. The van der Waals surface area contributed by atoms with Gasteiger partial charge in [0.2, 0.25) is 10.0 Å². The monoisotopic (exact) mass is 377 g/mol. The highest BCUT2D eigenvalue weighted by molar-refractivity contribution is 9.10. The second-order valence-electron chi connectivity index (χ2n) is 4.30. The normalized spacial score (nSPS) is 11.6. The lowest BCUT2D eigenvalue weighted by Gasteiger charge is -2.10. The van der Waals surface area contributed by atoms with E-state index in [0.29, 0.717) is 17.5 Å². The van der Waals surface area contributed by atoms with Crippen molar-refractivity contribution in [3.8, 4) is 5.75 Å².